The first kappa shape index (κ1) is 13.1. The third-order valence-corrected chi connectivity index (χ3v) is 3.05. The molecule has 0 aliphatic rings. The van der Waals surface area contributed by atoms with E-state index in [1.165, 1.54) is 5.39 Å². The Kier molecular flexibility index (Phi) is 4.14. The van der Waals surface area contributed by atoms with E-state index in [-0.39, 0.29) is 0 Å². The predicted octanol–water partition coefficient (Wildman–Crippen LogP) is 4.06. The van der Waals surface area contributed by atoms with Crippen molar-refractivity contribution >= 4 is 16.3 Å². The Balaban J connectivity index is 2.17. The van der Waals surface area contributed by atoms with Crippen molar-refractivity contribution in [1.82, 2.24) is 4.98 Å². The minimum absolute atomic E-state index is 0.757. The quantitative estimate of drug-likeness (QED) is 0.831. The van der Waals surface area contributed by atoms with Gasteiger partial charge in [0, 0.05) is 29.9 Å². The van der Waals surface area contributed by atoms with E-state index >= 15 is 0 Å². The highest BCUT2D eigenvalue weighted by Crippen LogP contribution is 2.20. The lowest BCUT2D eigenvalue weighted by atomic mass is 10.0. The molecule has 2 heteroatoms. The summed E-state index contributed by atoms with van der Waals surface area (Å²) in [5, 5.41) is 2.32. The van der Waals surface area contributed by atoms with Gasteiger partial charge in [0.15, 0.2) is 0 Å². The molecule has 0 atom stereocenters. The van der Waals surface area contributed by atoms with Crippen LogP contribution >= 0.6 is 0 Å². The van der Waals surface area contributed by atoms with Crippen LogP contribution < -0.4 is 5.73 Å². The summed E-state index contributed by atoms with van der Waals surface area (Å²) in [7, 11) is 0. The molecule has 0 unspecified atom stereocenters. The number of aromatic nitrogens is 1. The Labute approximate surface area is 114 Å². The molecule has 1 aromatic heterocycles. The first-order valence-corrected chi connectivity index (χ1v) is 6.31. The van der Waals surface area contributed by atoms with Crippen LogP contribution in [-0.2, 0) is 0 Å². The van der Waals surface area contributed by atoms with Crippen LogP contribution in [0, 0.1) is 0 Å². The van der Waals surface area contributed by atoms with E-state index in [2.05, 4.69) is 29.8 Å². The third kappa shape index (κ3) is 3.32. The fourth-order valence-electron chi connectivity index (χ4n) is 1.83. The van der Waals surface area contributed by atoms with Crippen molar-refractivity contribution in [2.24, 2.45) is 5.73 Å². The van der Waals surface area contributed by atoms with Gasteiger partial charge in [0.05, 0.1) is 0 Å². The number of pyridine rings is 1. The third-order valence-electron chi connectivity index (χ3n) is 3.05. The van der Waals surface area contributed by atoms with Gasteiger partial charge >= 0.3 is 0 Å². The number of benzene rings is 1. The summed E-state index contributed by atoms with van der Waals surface area (Å²) in [6.45, 7) is 6.03. The van der Waals surface area contributed by atoms with E-state index in [1.54, 1.807) is 6.20 Å². The van der Waals surface area contributed by atoms with Crippen LogP contribution in [0.3, 0.4) is 0 Å². The highest BCUT2D eigenvalue weighted by atomic mass is 14.6. The number of allylic oxidation sites excluding steroid dienone is 4. The molecule has 0 aliphatic carbocycles. The average molecular weight is 250 g/mol. The number of rotatable bonds is 4. The first-order chi connectivity index (χ1) is 9.20. The zero-order valence-corrected chi connectivity index (χ0v) is 11.1. The maximum Gasteiger partial charge on any atom is 0.0346 e. The number of hydrogen-bond acceptors (Lipinski definition) is 2. The molecule has 0 spiro atoms. The van der Waals surface area contributed by atoms with Crippen molar-refractivity contribution in [2.45, 2.75) is 13.3 Å². The number of nitrogens with zero attached hydrogens (tertiary/aromatic N) is 1. The van der Waals surface area contributed by atoms with Crippen LogP contribution in [0.4, 0.5) is 0 Å². The van der Waals surface area contributed by atoms with Gasteiger partial charge in [-0.2, -0.15) is 0 Å². The normalized spacial score (nSPS) is 12.2. The fraction of sp³-hybridized carbons (Fsp3) is 0.118. The van der Waals surface area contributed by atoms with Crippen molar-refractivity contribution in [2.75, 3.05) is 0 Å². The van der Waals surface area contributed by atoms with Gasteiger partial charge in [-0.3, -0.25) is 4.98 Å². The molecule has 0 bridgehead atoms. The molecule has 0 radical (unpaired) electrons. The molecule has 96 valence electrons. The molecular formula is C17H18N2. The molecule has 0 aliphatic heterocycles. The first-order valence-electron chi connectivity index (χ1n) is 6.31. The zero-order valence-electron chi connectivity index (χ0n) is 11.1. The molecule has 2 aromatic rings. The van der Waals surface area contributed by atoms with E-state index in [4.69, 9.17) is 5.73 Å². The minimum atomic E-state index is 0.757. The standard InChI is InChI=1S/C17H18N2/c1-3-17(18)6-4-5-13(2)14-7-8-16-12-19-10-9-15(16)11-14/h3-5,7-12H,2,6,18H2,1H3/b5-4?,17-3+. The molecule has 0 amide bonds. The summed E-state index contributed by atoms with van der Waals surface area (Å²) >= 11 is 0. The van der Waals surface area contributed by atoms with Gasteiger partial charge in [0.25, 0.3) is 0 Å². The molecule has 0 saturated carbocycles. The van der Waals surface area contributed by atoms with E-state index in [1.807, 2.05) is 37.4 Å². The van der Waals surface area contributed by atoms with Gasteiger partial charge in [0.1, 0.15) is 0 Å². The van der Waals surface area contributed by atoms with Crippen molar-refractivity contribution in [3.8, 4) is 0 Å². The van der Waals surface area contributed by atoms with Crippen LogP contribution in [0.1, 0.15) is 18.9 Å². The molecule has 2 N–H and O–H groups in total. The summed E-state index contributed by atoms with van der Waals surface area (Å²) in [6, 6.07) is 8.27. The summed E-state index contributed by atoms with van der Waals surface area (Å²) < 4.78 is 0. The van der Waals surface area contributed by atoms with Gasteiger partial charge in [0.2, 0.25) is 0 Å². The van der Waals surface area contributed by atoms with Crippen molar-refractivity contribution in [3.63, 3.8) is 0 Å². The Morgan fingerprint density at radius 1 is 1.32 bits per heavy atom. The molecule has 1 heterocycles. The summed E-state index contributed by atoms with van der Waals surface area (Å²) in [4.78, 5) is 4.11. The van der Waals surface area contributed by atoms with Gasteiger partial charge in [-0.1, -0.05) is 36.9 Å². The van der Waals surface area contributed by atoms with E-state index in [0.717, 1.165) is 28.6 Å². The van der Waals surface area contributed by atoms with Gasteiger partial charge in [-0.05, 0) is 35.6 Å². The van der Waals surface area contributed by atoms with Crippen LogP contribution in [0.2, 0.25) is 0 Å². The topological polar surface area (TPSA) is 38.9 Å². The van der Waals surface area contributed by atoms with E-state index in [0.29, 0.717) is 0 Å². The predicted molar refractivity (Wildman–Crippen MR) is 82.5 cm³/mol. The Morgan fingerprint density at radius 3 is 2.95 bits per heavy atom. The largest absolute Gasteiger partial charge is 0.402 e. The summed E-state index contributed by atoms with van der Waals surface area (Å²) in [6.07, 6.45) is 10.4. The van der Waals surface area contributed by atoms with E-state index in [9.17, 15) is 0 Å². The Morgan fingerprint density at radius 2 is 2.16 bits per heavy atom. The van der Waals surface area contributed by atoms with Gasteiger partial charge in [-0.25, -0.2) is 0 Å². The maximum absolute atomic E-state index is 5.75. The smallest absolute Gasteiger partial charge is 0.0346 e. The Bertz CT molecular complexity index is 651. The van der Waals surface area contributed by atoms with Crippen LogP contribution in [0.25, 0.3) is 16.3 Å². The number of nitrogens with two attached hydrogens (primary N) is 1. The van der Waals surface area contributed by atoms with Crippen LogP contribution in [0.5, 0.6) is 0 Å². The molecule has 19 heavy (non-hydrogen) atoms. The lowest BCUT2D eigenvalue weighted by Crippen LogP contribution is -1.93. The minimum Gasteiger partial charge on any atom is -0.402 e. The second-order valence-corrected chi connectivity index (χ2v) is 4.43. The van der Waals surface area contributed by atoms with Crippen molar-refractivity contribution in [3.05, 3.63) is 72.7 Å². The fourth-order valence-corrected chi connectivity index (χ4v) is 1.83. The molecule has 1 aromatic carbocycles. The highest BCUT2D eigenvalue weighted by molar-refractivity contribution is 5.86. The maximum atomic E-state index is 5.75. The zero-order chi connectivity index (χ0) is 13.7. The van der Waals surface area contributed by atoms with Gasteiger partial charge in [-0.15, -0.1) is 0 Å². The monoisotopic (exact) mass is 250 g/mol. The lowest BCUT2D eigenvalue weighted by molar-refractivity contribution is 1.16. The molecule has 2 rings (SSSR count). The van der Waals surface area contributed by atoms with E-state index < -0.39 is 0 Å². The molecule has 2 nitrogen and oxygen atoms in total. The molecular weight excluding hydrogens is 232 g/mol. The SMILES string of the molecule is C=C(C=CC/C(N)=C\C)c1ccc2cnccc2c1. The number of fused-ring (bicyclic) bond motifs is 1. The highest BCUT2D eigenvalue weighted by Gasteiger charge is 1.98. The molecule has 0 saturated heterocycles. The second-order valence-electron chi connectivity index (χ2n) is 4.43. The average Bonchev–Trinajstić information content (AvgIpc) is 2.46. The summed E-state index contributed by atoms with van der Waals surface area (Å²) in [5.41, 5.74) is 8.72. The Hall–Kier alpha value is -2.35. The van der Waals surface area contributed by atoms with Crippen molar-refractivity contribution in [1.29, 1.82) is 0 Å². The van der Waals surface area contributed by atoms with Crippen LogP contribution in [0.15, 0.2) is 67.2 Å². The number of hydrogen-bond donors (Lipinski definition) is 1. The van der Waals surface area contributed by atoms with Gasteiger partial charge < -0.3 is 5.73 Å². The van der Waals surface area contributed by atoms with Crippen LogP contribution in [-0.4, -0.2) is 4.98 Å². The lowest BCUT2D eigenvalue weighted by Gasteiger charge is -2.03. The van der Waals surface area contributed by atoms with Crippen molar-refractivity contribution < 1.29 is 0 Å². The second kappa shape index (κ2) is 6.01. The summed E-state index contributed by atoms with van der Waals surface area (Å²) in [5.74, 6) is 0. The molecule has 0 fully saturated rings.